The average molecular weight is 405 g/mol. The van der Waals surface area contributed by atoms with Gasteiger partial charge >= 0.3 is 5.97 Å². The fourth-order valence-corrected chi connectivity index (χ4v) is 2.88. The van der Waals surface area contributed by atoms with Crippen LogP contribution in [0.4, 0.5) is 0 Å². The number of ether oxygens (including phenoxy) is 1. The van der Waals surface area contributed by atoms with Crippen LogP contribution < -0.4 is 4.74 Å². The molecule has 0 saturated carbocycles. The molecule has 0 saturated heterocycles. The summed E-state index contributed by atoms with van der Waals surface area (Å²) >= 11 is 0. The minimum absolute atomic E-state index is 0.0855. The summed E-state index contributed by atoms with van der Waals surface area (Å²) in [6.45, 7) is 1.23. The van der Waals surface area contributed by atoms with E-state index in [1.807, 2.05) is 48.7 Å². The van der Waals surface area contributed by atoms with Crippen molar-refractivity contribution in [2.45, 2.75) is 6.54 Å². The highest BCUT2D eigenvalue weighted by Crippen LogP contribution is 2.23. The predicted octanol–water partition coefficient (Wildman–Crippen LogP) is 3.18. The quantitative estimate of drug-likeness (QED) is 0.553. The Kier molecular flexibility index (Phi) is 7.00. The fourth-order valence-electron chi connectivity index (χ4n) is 2.88. The van der Waals surface area contributed by atoms with Crippen LogP contribution in [-0.2, 0) is 11.3 Å². The Morgan fingerprint density at radius 3 is 2.67 bits per heavy atom. The highest BCUT2D eigenvalue weighted by molar-refractivity contribution is 5.94. The summed E-state index contributed by atoms with van der Waals surface area (Å²) in [6.07, 6.45) is 6.14. The van der Waals surface area contributed by atoms with Gasteiger partial charge in [0.1, 0.15) is 12.4 Å². The van der Waals surface area contributed by atoms with E-state index in [1.54, 1.807) is 35.0 Å². The molecule has 0 fully saturated rings. The number of amides is 1. The molecule has 1 amide bonds. The standard InChI is InChI=1S/C23H23N3O4/c1-25(23(29)20-6-3-2-4-7-20)14-15-30-21-16-18(17-26-13-5-12-24-26)8-9-19(21)10-11-22(27)28/h2-13,16H,14-15,17H2,1H3,(H,27,28). The van der Waals surface area contributed by atoms with Gasteiger partial charge in [-0.25, -0.2) is 4.79 Å². The maximum atomic E-state index is 12.4. The third-order valence-electron chi connectivity index (χ3n) is 4.44. The number of carboxylic acids is 1. The predicted molar refractivity (Wildman–Crippen MR) is 113 cm³/mol. The molecule has 2 aromatic carbocycles. The summed E-state index contributed by atoms with van der Waals surface area (Å²) in [6, 6.07) is 16.5. The number of carbonyl (C=O) groups excluding carboxylic acids is 1. The zero-order valence-electron chi connectivity index (χ0n) is 16.6. The second kappa shape index (κ2) is 10.1. The molecule has 0 spiro atoms. The highest BCUT2D eigenvalue weighted by atomic mass is 16.5. The molecule has 3 aromatic rings. The van der Waals surface area contributed by atoms with Gasteiger partial charge in [-0.1, -0.05) is 30.3 Å². The molecule has 3 rings (SSSR count). The summed E-state index contributed by atoms with van der Waals surface area (Å²) in [5.74, 6) is -0.565. The van der Waals surface area contributed by atoms with Gasteiger partial charge in [0.25, 0.3) is 5.91 Å². The topological polar surface area (TPSA) is 84.7 Å². The number of rotatable bonds is 9. The Labute approximate surface area is 174 Å². The summed E-state index contributed by atoms with van der Waals surface area (Å²) in [4.78, 5) is 24.9. The zero-order chi connectivity index (χ0) is 21.3. The zero-order valence-corrected chi connectivity index (χ0v) is 16.6. The summed E-state index contributed by atoms with van der Waals surface area (Å²) < 4.78 is 7.71. The van der Waals surface area contributed by atoms with Crippen LogP contribution in [0.1, 0.15) is 21.5 Å². The van der Waals surface area contributed by atoms with E-state index >= 15 is 0 Å². The number of aliphatic carboxylic acids is 1. The first-order valence-electron chi connectivity index (χ1n) is 9.47. The van der Waals surface area contributed by atoms with E-state index in [9.17, 15) is 9.59 Å². The van der Waals surface area contributed by atoms with Crippen LogP contribution in [0.25, 0.3) is 6.08 Å². The third kappa shape index (κ3) is 5.81. The molecule has 7 nitrogen and oxygen atoms in total. The Balaban J connectivity index is 1.68. The van der Waals surface area contributed by atoms with E-state index in [0.29, 0.717) is 30.0 Å². The first kappa shape index (κ1) is 20.9. The van der Waals surface area contributed by atoms with Crippen molar-refractivity contribution in [3.05, 3.63) is 89.8 Å². The van der Waals surface area contributed by atoms with Gasteiger partial charge in [-0.15, -0.1) is 0 Å². The molecule has 0 atom stereocenters. The Morgan fingerprint density at radius 1 is 1.17 bits per heavy atom. The van der Waals surface area contributed by atoms with Crippen LogP contribution in [0.5, 0.6) is 5.75 Å². The van der Waals surface area contributed by atoms with E-state index < -0.39 is 5.97 Å². The number of aromatic nitrogens is 2. The summed E-state index contributed by atoms with van der Waals surface area (Å²) in [5, 5.41) is 13.1. The molecule has 1 N–H and O–H groups in total. The molecule has 0 radical (unpaired) electrons. The first-order chi connectivity index (χ1) is 14.5. The summed E-state index contributed by atoms with van der Waals surface area (Å²) in [5.41, 5.74) is 2.24. The maximum absolute atomic E-state index is 12.4. The van der Waals surface area contributed by atoms with Crippen molar-refractivity contribution in [2.24, 2.45) is 0 Å². The molecule has 30 heavy (non-hydrogen) atoms. The monoisotopic (exact) mass is 405 g/mol. The molecule has 0 aliphatic carbocycles. The molecule has 0 aliphatic rings. The van der Waals surface area contributed by atoms with Gasteiger partial charge in [-0.2, -0.15) is 5.10 Å². The second-order valence-electron chi connectivity index (χ2n) is 6.69. The molecule has 0 unspecified atom stereocenters. The van der Waals surface area contributed by atoms with Crippen molar-refractivity contribution in [3.63, 3.8) is 0 Å². The van der Waals surface area contributed by atoms with Crippen molar-refractivity contribution in [1.82, 2.24) is 14.7 Å². The van der Waals surface area contributed by atoms with Crippen LogP contribution >= 0.6 is 0 Å². The van der Waals surface area contributed by atoms with Crippen LogP contribution in [0.2, 0.25) is 0 Å². The Bertz CT molecular complexity index is 1010. The molecular weight excluding hydrogens is 382 g/mol. The van der Waals surface area contributed by atoms with Gasteiger partial charge in [0.15, 0.2) is 0 Å². The number of hydrogen-bond acceptors (Lipinski definition) is 4. The number of carboxylic acid groups (broad SMARTS) is 1. The van der Waals surface area contributed by atoms with Crippen molar-refractivity contribution < 1.29 is 19.4 Å². The molecule has 0 aliphatic heterocycles. The van der Waals surface area contributed by atoms with Crippen LogP contribution in [0, 0.1) is 0 Å². The highest BCUT2D eigenvalue weighted by Gasteiger charge is 2.12. The normalized spacial score (nSPS) is 10.8. The number of likely N-dealkylation sites (N-methyl/N-ethyl adjacent to an activating group) is 1. The molecular formula is C23H23N3O4. The number of carbonyl (C=O) groups is 2. The lowest BCUT2D eigenvalue weighted by molar-refractivity contribution is -0.131. The van der Waals surface area contributed by atoms with Crippen molar-refractivity contribution in [2.75, 3.05) is 20.2 Å². The fraction of sp³-hybridized carbons (Fsp3) is 0.174. The van der Waals surface area contributed by atoms with E-state index in [1.165, 1.54) is 6.08 Å². The molecule has 1 heterocycles. The van der Waals surface area contributed by atoms with E-state index in [4.69, 9.17) is 9.84 Å². The van der Waals surface area contributed by atoms with Gasteiger partial charge in [0, 0.05) is 36.6 Å². The third-order valence-corrected chi connectivity index (χ3v) is 4.44. The molecule has 154 valence electrons. The van der Waals surface area contributed by atoms with Gasteiger partial charge in [0.2, 0.25) is 0 Å². The lowest BCUT2D eigenvalue weighted by Crippen LogP contribution is -2.30. The minimum atomic E-state index is -1.03. The Hall–Kier alpha value is -3.87. The Morgan fingerprint density at radius 2 is 1.97 bits per heavy atom. The molecule has 7 heteroatoms. The lowest BCUT2D eigenvalue weighted by Gasteiger charge is -2.18. The SMILES string of the molecule is CN(CCOc1cc(Cn2cccn2)ccc1C=CC(=O)O)C(=O)c1ccccc1. The van der Waals surface area contributed by atoms with E-state index in [0.717, 1.165) is 11.6 Å². The number of nitrogens with zero attached hydrogens (tertiary/aromatic N) is 3. The van der Waals surface area contributed by atoms with Crippen LogP contribution in [0.15, 0.2) is 73.1 Å². The largest absolute Gasteiger partial charge is 0.491 e. The van der Waals surface area contributed by atoms with Gasteiger partial charge in [0.05, 0.1) is 13.1 Å². The molecule has 0 bridgehead atoms. The average Bonchev–Trinajstić information content (AvgIpc) is 3.26. The van der Waals surface area contributed by atoms with Crippen molar-refractivity contribution in [3.8, 4) is 5.75 Å². The maximum Gasteiger partial charge on any atom is 0.328 e. The van der Waals surface area contributed by atoms with Crippen molar-refractivity contribution in [1.29, 1.82) is 0 Å². The number of benzene rings is 2. The van der Waals surface area contributed by atoms with Gasteiger partial charge < -0.3 is 14.7 Å². The molecule has 1 aromatic heterocycles. The smallest absolute Gasteiger partial charge is 0.328 e. The van der Waals surface area contributed by atoms with Crippen LogP contribution in [0.3, 0.4) is 0 Å². The van der Waals surface area contributed by atoms with Gasteiger partial charge in [-0.3, -0.25) is 9.48 Å². The van der Waals surface area contributed by atoms with Crippen molar-refractivity contribution >= 4 is 18.0 Å². The first-order valence-corrected chi connectivity index (χ1v) is 9.47. The second-order valence-corrected chi connectivity index (χ2v) is 6.69. The number of hydrogen-bond donors (Lipinski definition) is 1. The van der Waals surface area contributed by atoms with Gasteiger partial charge in [-0.05, 0) is 35.9 Å². The van der Waals surface area contributed by atoms with E-state index in [2.05, 4.69) is 5.10 Å². The summed E-state index contributed by atoms with van der Waals surface area (Å²) in [7, 11) is 1.72. The van der Waals surface area contributed by atoms with Crippen LogP contribution in [-0.4, -0.2) is 51.9 Å². The van der Waals surface area contributed by atoms with E-state index in [-0.39, 0.29) is 12.5 Å². The lowest BCUT2D eigenvalue weighted by atomic mass is 10.1. The minimum Gasteiger partial charge on any atom is -0.491 e.